The van der Waals surface area contributed by atoms with E-state index in [4.69, 9.17) is 10.5 Å². The Morgan fingerprint density at radius 1 is 1.43 bits per heavy atom. The summed E-state index contributed by atoms with van der Waals surface area (Å²) in [6, 6.07) is 4.54. The fourth-order valence-corrected chi connectivity index (χ4v) is 3.99. The van der Waals surface area contributed by atoms with Gasteiger partial charge in [-0.05, 0) is 43.5 Å². The van der Waals surface area contributed by atoms with Gasteiger partial charge in [-0.25, -0.2) is 4.39 Å². The molecule has 3 N–H and O–H groups in total. The summed E-state index contributed by atoms with van der Waals surface area (Å²) in [6.07, 6.45) is 1.87. The van der Waals surface area contributed by atoms with E-state index in [0.29, 0.717) is 11.3 Å². The molecule has 2 fully saturated rings. The highest BCUT2D eigenvalue weighted by molar-refractivity contribution is 6.00. The minimum Gasteiger partial charge on any atom is -0.377 e. The number of amides is 1. The normalized spacial score (nSPS) is 31.3. The number of nitrogens with two attached hydrogens (primary N) is 1. The first kappa shape index (κ1) is 18.2. The second kappa shape index (κ2) is 6.04. The van der Waals surface area contributed by atoms with E-state index in [2.05, 4.69) is 5.32 Å². The molecule has 0 bridgehead atoms. The van der Waals surface area contributed by atoms with Crippen LogP contribution in [0.4, 0.5) is 10.1 Å². The molecular formula is C17H24ClFN2O2. The SMILES string of the molecule is Cc1cc(NC(=O)C2(N)C3CCCOC3C2(C)C)ccc1F.Cl. The van der Waals surface area contributed by atoms with Gasteiger partial charge in [-0.15, -0.1) is 12.4 Å². The zero-order valence-corrected chi connectivity index (χ0v) is 14.5. The lowest BCUT2D eigenvalue weighted by Gasteiger charge is -2.65. The summed E-state index contributed by atoms with van der Waals surface area (Å²) in [5.41, 5.74) is 6.22. The second-order valence-corrected chi connectivity index (χ2v) is 7.05. The lowest BCUT2D eigenvalue weighted by molar-refractivity contribution is -0.222. The number of hydrogen-bond acceptors (Lipinski definition) is 3. The average Bonchev–Trinajstić information content (AvgIpc) is 2.50. The van der Waals surface area contributed by atoms with Crippen LogP contribution in [0.15, 0.2) is 18.2 Å². The van der Waals surface area contributed by atoms with Gasteiger partial charge in [-0.3, -0.25) is 4.79 Å². The van der Waals surface area contributed by atoms with Crippen molar-refractivity contribution in [3.63, 3.8) is 0 Å². The summed E-state index contributed by atoms with van der Waals surface area (Å²) in [6.45, 7) is 6.37. The summed E-state index contributed by atoms with van der Waals surface area (Å²) in [7, 11) is 0. The van der Waals surface area contributed by atoms with Crippen molar-refractivity contribution in [3.05, 3.63) is 29.6 Å². The van der Waals surface area contributed by atoms with Crippen LogP contribution >= 0.6 is 12.4 Å². The largest absolute Gasteiger partial charge is 0.377 e. The van der Waals surface area contributed by atoms with Crippen LogP contribution in [0.25, 0.3) is 0 Å². The Morgan fingerprint density at radius 3 is 2.78 bits per heavy atom. The number of benzene rings is 1. The Bertz CT molecular complexity index is 623. The summed E-state index contributed by atoms with van der Waals surface area (Å²) in [4.78, 5) is 12.8. The molecule has 23 heavy (non-hydrogen) atoms. The number of carbonyl (C=O) groups excluding carboxylic acids is 1. The van der Waals surface area contributed by atoms with Crippen molar-refractivity contribution in [1.82, 2.24) is 0 Å². The molecule has 0 radical (unpaired) electrons. The van der Waals surface area contributed by atoms with Crippen LogP contribution in [-0.4, -0.2) is 24.2 Å². The molecule has 6 heteroatoms. The van der Waals surface area contributed by atoms with Gasteiger partial charge in [-0.2, -0.15) is 0 Å². The number of aryl methyl sites for hydroxylation is 1. The van der Waals surface area contributed by atoms with Crippen LogP contribution in [0, 0.1) is 24.1 Å². The van der Waals surface area contributed by atoms with Crippen molar-refractivity contribution in [2.24, 2.45) is 17.1 Å². The van der Waals surface area contributed by atoms with Gasteiger partial charge in [0.25, 0.3) is 0 Å². The van der Waals surface area contributed by atoms with Crippen molar-refractivity contribution in [3.8, 4) is 0 Å². The molecule has 4 nitrogen and oxygen atoms in total. The number of ether oxygens (including phenoxy) is 1. The smallest absolute Gasteiger partial charge is 0.245 e. The van der Waals surface area contributed by atoms with Gasteiger partial charge in [0.1, 0.15) is 11.4 Å². The number of anilines is 1. The van der Waals surface area contributed by atoms with Crippen LogP contribution in [0.5, 0.6) is 0 Å². The number of fused-ring (bicyclic) bond motifs is 1. The molecule has 1 amide bonds. The summed E-state index contributed by atoms with van der Waals surface area (Å²) < 4.78 is 19.2. The third kappa shape index (κ3) is 2.55. The first-order valence-corrected chi connectivity index (χ1v) is 7.76. The molecule has 3 rings (SSSR count). The van der Waals surface area contributed by atoms with Gasteiger partial charge in [0.15, 0.2) is 0 Å². The van der Waals surface area contributed by atoms with Crippen LogP contribution in [0.2, 0.25) is 0 Å². The highest BCUT2D eigenvalue weighted by Crippen LogP contribution is 2.57. The van der Waals surface area contributed by atoms with Crippen molar-refractivity contribution >= 4 is 24.0 Å². The van der Waals surface area contributed by atoms with E-state index in [1.807, 2.05) is 13.8 Å². The molecule has 1 aromatic carbocycles. The average molecular weight is 343 g/mol. The summed E-state index contributed by atoms with van der Waals surface area (Å²) >= 11 is 0. The van der Waals surface area contributed by atoms with Crippen LogP contribution < -0.4 is 11.1 Å². The van der Waals surface area contributed by atoms with Gasteiger partial charge in [0, 0.05) is 23.6 Å². The molecule has 1 aliphatic heterocycles. The number of hydrogen-bond donors (Lipinski definition) is 2. The van der Waals surface area contributed by atoms with E-state index in [9.17, 15) is 9.18 Å². The van der Waals surface area contributed by atoms with Crippen LogP contribution in [0.1, 0.15) is 32.3 Å². The summed E-state index contributed by atoms with van der Waals surface area (Å²) in [5.74, 6) is -0.460. The Hall–Kier alpha value is -1.17. The molecular weight excluding hydrogens is 319 g/mol. The molecule has 1 heterocycles. The Balaban J connectivity index is 0.00000192. The molecule has 2 aliphatic rings. The standard InChI is InChI=1S/C17H23FN2O2.ClH/c1-10-9-11(6-7-13(10)18)20-15(21)17(19)12-5-4-8-22-14(12)16(17,2)3;/h6-7,9,12,14H,4-5,8,19H2,1-3H3,(H,20,21);1H. The Morgan fingerprint density at radius 2 is 2.13 bits per heavy atom. The lowest BCUT2D eigenvalue weighted by atomic mass is 9.46. The van der Waals surface area contributed by atoms with E-state index in [1.165, 1.54) is 6.07 Å². The summed E-state index contributed by atoms with van der Waals surface area (Å²) in [5, 5.41) is 2.85. The monoisotopic (exact) mass is 342 g/mol. The molecule has 3 unspecified atom stereocenters. The highest BCUT2D eigenvalue weighted by atomic mass is 35.5. The molecule has 1 saturated heterocycles. The quantitative estimate of drug-likeness (QED) is 0.868. The van der Waals surface area contributed by atoms with Gasteiger partial charge in [0.05, 0.1) is 6.10 Å². The Labute approximate surface area is 142 Å². The van der Waals surface area contributed by atoms with Crippen LogP contribution in [-0.2, 0) is 9.53 Å². The predicted molar refractivity (Wildman–Crippen MR) is 90.2 cm³/mol. The minimum absolute atomic E-state index is 0. The third-order valence-corrected chi connectivity index (χ3v) is 5.48. The first-order chi connectivity index (χ1) is 10.3. The molecule has 128 valence electrons. The number of carbonyl (C=O) groups is 1. The first-order valence-electron chi connectivity index (χ1n) is 7.76. The van der Waals surface area contributed by atoms with Crippen molar-refractivity contribution in [2.45, 2.75) is 45.3 Å². The topological polar surface area (TPSA) is 64.4 Å². The lowest BCUT2D eigenvalue weighted by Crippen LogP contribution is -2.81. The van der Waals surface area contributed by atoms with E-state index in [0.717, 1.165) is 19.4 Å². The minimum atomic E-state index is -0.958. The van der Waals surface area contributed by atoms with E-state index >= 15 is 0 Å². The number of nitrogens with one attached hydrogen (secondary N) is 1. The molecule has 0 aromatic heterocycles. The second-order valence-electron chi connectivity index (χ2n) is 7.05. The molecule has 1 saturated carbocycles. The third-order valence-electron chi connectivity index (χ3n) is 5.48. The van der Waals surface area contributed by atoms with Gasteiger partial charge >= 0.3 is 0 Å². The van der Waals surface area contributed by atoms with E-state index in [-0.39, 0.29) is 36.2 Å². The van der Waals surface area contributed by atoms with Crippen molar-refractivity contribution in [1.29, 1.82) is 0 Å². The maximum Gasteiger partial charge on any atom is 0.245 e. The molecule has 1 aliphatic carbocycles. The van der Waals surface area contributed by atoms with Gasteiger partial charge < -0.3 is 15.8 Å². The van der Waals surface area contributed by atoms with E-state index < -0.39 is 11.0 Å². The van der Waals surface area contributed by atoms with E-state index in [1.54, 1.807) is 19.1 Å². The van der Waals surface area contributed by atoms with Crippen molar-refractivity contribution < 1.29 is 13.9 Å². The molecule has 3 atom stereocenters. The number of rotatable bonds is 2. The fraction of sp³-hybridized carbons (Fsp3) is 0.588. The molecule has 1 aromatic rings. The molecule has 0 spiro atoms. The zero-order valence-electron chi connectivity index (χ0n) is 13.7. The fourth-order valence-electron chi connectivity index (χ4n) is 3.99. The number of halogens is 2. The van der Waals surface area contributed by atoms with Crippen molar-refractivity contribution in [2.75, 3.05) is 11.9 Å². The van der Waals surface area contributed by atoms with Gasteiger partial charge in [0.2, 0.25) is 5.91 Å². The zero-order chi connectivity index (χ0) is 16.1. The Kier molecular flexibility index (Phi) is 4.77. The maximum atomic E-state index is 13.3. The predicted octanol–water partition coefficient (Wildman–Crippen LogP) is 3.03. The highest BCUT2D eigenvalue weighted by Gasteiger charge is 2.70. The maximum absolute atomic E-state index is 13.3. The van der Waals surface area contributed by atoms with Crippen LogP contribution in [0.3, 0.4) is 0 Å². The van der Waals surface area contributed by atoms with Gasteiger partial charge in [-0.1, -0.05) is 13.8 Å².